The summed E-state index contributed by atoms with van der Waals surface area (Å²) in [4.78, 5) is 61.5. The first-order chi connectivity index (χ1) is 17.3. The van der Waals surface area contributed by atoms with Gasteiger partial charge < -0.3 is 37.6 Å². The number of hydrogen-bond acceptors (Lipinski definition) is 7. The van der Waals surface area contributed by atoms with Crippen LogP contribution in [0.1, 0.15) is 52.5 Å². The Morgan fingerprint density at radius 1 is 0.892 bits per heavy atom. The van der Waals surface area contributed by atoms with E-state index in [1.165, 1.54) is 12.1 Å². The quantitative estimate of drug-likeness (QED) is 0.163. The standard InChI is InChI=1S/C25H39N5O7/c1-5-14(4)21(24(35)28-18(25(36)37)12-15-6-8-16(31)9-7-15)30-23(34)20(13(2)3)29-22(33)17(26)10-11-19(27)32/h6-9,13-14,17-18,20-21,31H,5,10-12,26H2,1-4H3,(H2,27,32)(H,28,35)(H,29,33)(H,30,34)(H,36,37). The summed E-state index contributed by atoms with van der Waals surface area (Å²) in [6.45, 7) is 6.97. The van der Waals surface area contributed by atoms with Crippen LogP contribution in [0.15, 0.2) is 24.3 Å². The van der Waals surface area contributed by atoms with Gasteiger partial charge in [0.15, 0.2) is 0 Å². The number of primary amides is 1. The number of benzene rings is 1. The summed E-state index contributed by atoms with van der Waals surface area (Å²) in [5.74, 6) is -4.50. The second kappa shape index (κ2) is 14.8. The van der Waals surface area contributed by atoms with Crippen LogP contribution in [-0.4, -0.2) is 64.0 Å². The van der Waals surface area contributed by atoms with Gasteiger partial charge in [-0.3, -0.25) is 19.2 Å². The topological polar surface area (TPSA) is 214 Å². The molecule has 0 fully saturated rings. The maximum Gasteiger partial charge on any atom is 0.326 e. The molecule has 0 aliphatic heterocycles. The Kier molecular flexibility index (Phi) is 12.5. The van der Waals surface area contributed by atoms with Gasteiger partial charge in [0.05, 0.1) is 6.04 Å². The van der Waals surface area contributed by atoms with E-state index in [0.29, 0.717) is 12.0 Å². The maximum absolute atomic E-state index is 13.1. The Bertz CT molecular complexity index is 951. The first-order valence-corrected chi connectivity index (χ1v) is 12.2. The Labute approximate surface area is 216 Å². The van der Waals surface area contributed by atoms with E-state index >= 15 is 0 Å². The van der Waals surface area contributed by atoms with Crippen molar-refractivity contribution in [2.75, 3.05) is 0 Å². The van der Waals surface area contributed by atoms with Crippen molar-refractivity contribution >= 4 is 29.6 Å². The van der Waals surface area contributed by atoms with Gasteiger partial charge >= 0.3 is 5.97 Å². The number of aromatic hydroxyl groups is 1. The summed E-state index contributed by atoms with van der Waals surface area (Å²) >= 11 is 0. The van der Waals surface area contributed by atoms with Crippen molar-refractivity contribution in [3.63, 3.8) is 0 Å². The monoisotopic (exact) mass is 521 g/mol. The molecule has 0 aromatic heterocycles. The fourth-order valence-corrected chi connectivity index (χ4v) is 3.50. The van der Waals surface area contributed by atoms with Crippen molar-refractivity contribution in [1.29, 1.82) is 0 Å². The van der Waals surface area contributed by atoms with E-state index in [4.69, 9.17) is 11.5 Å². The van der Waals surface area contributed by atoms with E-state index in [9.17, 15) is 34.2 Å². The summed E-state index contributed by atoms with van der Waals surface area (Å²) < 4.78 is 0. The van der Waals surface area contributed by atoms with E-state index in [-0.39, 0.29) is 36.8 Å². The van der Waals surface area contributed by atoms with E-state index in [0.717, 1.165) is 0 Å². The zero-order valence-electron chi connectivity index (χ0n) is 21.7. The zero-order chi connectivity index (χ0) is 28.3. The van der Waals surface area contributed by atoms with Crippen LogP contribution in [-0.2, 0) is 30.4 Å². The first kappa shape index (κ1) is 31.4. The van der Waals surface area contributed by atoms with Crippen LogP contribution in [0.5, 0.6) is 5.75 Å². The normalized spacial score (nSPS) is 15.1. The number of carbonyl (C=O) groups is 5. The molecule has 0 bridgehead atoms. The van der Waals surface area contributed by atoms with Gasteiger partial charge in [-0.1, -0.05) is 46.2 Å². The molecule has 0 saturated heterocycles. The number of carboxylic acids is 1. The highest BCUT2D eigenvalue weighted by Gasteiger charge is 2.33. The largest absolute Gasteiger partial charge is 0.508 e. The van der Waals surface area contributed by atoms with Crippen molar-refractivity contribution in [2.24, 2.45) is 23.3 Å². The number of phenols is 1. The van der Waals surface area contributed by atoms with Gasteiger partial charge in [0, 0.05) is 12.8 Å². The van der Waals surface area contributed by atoms with Crippen LogP contribution >= 0.6 is 0 Å². The first-order valence-electron chi connectivity index (χ1n) is 12.2. The van der Waals surface area contributed by atoms with Crippen LogP contribution in [0.25, 0.3) is 0 Å². The van der Waals surface area contributed by atoms with Crippen LogP contribution in [0.2, 0.25) is 0 Å². The van der Waals surface area contributed by atoms with Gasteiger partial charge in [0.2, 0.25) is 23.6 Å². The lowest BCUT2D eigenvalue weighted by Gasteiger charge is -2.29. The number of nitrogens with two attached hydrogens (primary N) is 2. The summed E-state index contributed by atoms with van der Waals surface area (Å²) in [7, 11) is 0. The molecule has 37 heavy (non-hydrogen) atoms. The molecule has 1 aromatic rings. The van der Waals surface area contributed by atoms with Gasteiger partial charge in [-0.05, 0) is 36.0 Å². The van der Waals surface area contributed by atoms with E-state index < -0.39 is 53.8 Å². The van der Waals surface area contributed by atoms with E-state index in [2.05, 4.69) is 16.0 Å². The molecule has 0 aliphatic carbocycles. The zero-order valence-corrected chi connectivity index (χ0v) is 21.7. The van der Waals surface area contributed by atoms with Gasteiger partial charge in [0.25, 0.3) is 0 Å². The molecule has 12 nitrogen and oxygen atoms in total. The SMILES string of the molecule is CCC(C)C(NC(=O)C(NC(=O)C(N)CCC(N)=O)C(C)C)C(=O)NC(Cc1ccc(O)cc1)C(=O)O. The van der Waals surface area contributed by atoms with Crippen LogP contribution in [0.4, 0.5) is 0 Å². The lowest BCUT2D eigenvalue weighted by atomic mass is 9.95. The molecule has 0 radical (unpaired) electrons. The fraction of sp³-hybridized carbons (Fsp3) is 0.560. The molecule has 0 spiro atoms. The van der Waals surface area contributed by atoms with Crippen molar-refractivity contribution < 1.29 is 34.2 Å². The van der Waals surface area contributed by atoms with Gasteiger partial charge in [0.1, 0.15) is 23.9 Å². The average molecular weight is 522 g/mol. The number of phenolic OH excluding ortho intramolecular Hbond substituents is 1. The number of nitrogens with one attached hydrogen (secondary N) is 3. The van der Waals surface area contributed by atoms with Crippen LogP contribution in [0, 0.1) is 11.8 Å². The Morgan fingerprint density at radius 3 is 1.92 bits per heavy atom. The Balaban J connectivity index is 2.99. The lowest BCUT2D eigenvalue weighted by Crippen LogP contribution is -2.60. The number of carbonyl (C=O) groups excluding carboxylic acids is 4. The van der Waals surface area contributed by atoms with E-state index in [1.807, 2.05) is 6.92 Å². The van der Waals surface area contributed by atoms with Crippen LogP contribution < -0.4 is 27.4 Å². The molecule has 206 valence electrons. The smallest absolute Gasteiger partial charge is 0.326 e. The van der Waals surface area contributed by atoms with Crippen molar-refractivity contribution in [1.82, 2.24) is 16.0 Å². The molecule has 4 amide bonds. The number of aliphatic carboxylic acids is 1. The minimum Gasteiger partial charge on any atom is -0.508 e. The predicted molar refractivity (Wildman–Crippen MR) is 136 cm³/mol. The highest BCUT2D eigenvalue weighted by atomic mass is 16.4. The molecular formula is C25H39N5O7. The van der Waals surface area contributed by atoms with Crippen molar-refractivity contribution in [2.45, 2.75) is 77.5 Å². The molecule has 0 heterocycles. The molecule has 0 saturated carbocycles. The molecule has 5 atom stereocenters. The van der Waals surface area contributed by atoms with Crippen LogP contribution in [0.3, 0.4) is 0 Å². The second-order valence-corrected chi connectivity index (χ2v) is 9.48. The van der Waals surface area contributed by atoms with Gasteiger partial charge in [-0.2, -0.15) is 0 Å². The fourth-order valence-electron chi connectivity index (χ4n) is 3.50. The Morgan fingerprint density at radius 2 is 1.43 bits per heavy atom. The third-order valence-electron chi connectivity index (χ3n) is 6.07. The lowest BCUT2D eigenvalue weighted by molar-refractivity contribution is -0.142. The number of hydrogen-bond donors (Lipinski definition) is 7. The number of amides is 4. The summed E-state index contributed by atoms with van der Waals surface area (Å²) in [5.41, 5.74) is 11.5. The average Bonchev–Trinajstić information content (AvgIpc) is 2.83. The molecule has 9 N–H and O–H groups in total. The summed E-state index contributed by atoms with van der Waals surface area (Å²) in [6, 6.07) is 1.51. The highest BCUT2D eigenvalue weighted by Crippen LogP contribution is 2.14. The third kappa shape index (κ3) is 10.5. The number of rotatable bonds is 15. The maximum atomic E-state index is 13.1. The molecule has 1 aromatic carbocycles. The number of carboxylic acid groups (broad SMARTS) is 1. The van der Waals surface area contributed by atoms with Crippen molar-refractivity contribution in [3.05, 3.63) is 29.8 Å². The summed E-state index contributed by atoms with van der Waals surface area (Å²) in [5, 5.41) is 26.8. The molecule has 5 unspecified atom stereocenters. The molecular weight excluding hydrogens is 482 g/mol. The molecule has 0 aliphatic rings. The second-order valence-electron chi connectivity index (χ2n) is 9.48. The highest BCUT2D eigenvalue weighted by molar-refractivity contribution is 5.94. The predicted octanol–water partition coefficient (Wildman–Crippen LogP) is -0.231. The molecule has 12 heteroatoms. The van der Waals surface area contributed by atoms with Gasteiger partial charge in [-0.25, -0.2) is 4.79 Å². The third-order valence-corrected chi connectivity index (χ3v) is 6.07. The summed E-state index contributed by atoms with van der Waals surface area (Å²) in [6.07, 6.45) is 0.405. The molecule has 1 rings (SSSR count). The van der Waals surface area contributed by atoms with Gasteiger partial charge in [-0.15, -0.1) is 0 Å². The minimum absolute atomic E-state index is 0.0170. The van der Waals surface area contributed by atoms with E-state index in [1.54, 1.807) is 32.9 Å². The van der Waals surface area contributed by atoms with Crippen molar-refractivity contribution in [3.8, 4) is 5.75 Å². The Hall–Kier alpha value is -3.67. The minimum atomic E-state index is -1.27.